The number of hydrogen-bond donors (Lipinski definition) is 3. The van der Waals surface area contributed by atoms with Crippen LogP contribution >= 0.6 is 22.6 Å². The quantitative estimate of drug-likeness (QED) is 0.240. The Morgan fingerprint density at radius 3 is 2.38 bits per heavy atom. The number of hydrogen-bond acceptors (Lipinski definition) is 6. The third-order valence-corrected chi connectivity index (χ3v) is 5.94. The van der Waals surface area contributed by atoms with E-state index in [-0.39, 0.29) is 25.0 Å². The molecule has 0 aliphatic carbocycles. The van der Waals surface area contributed by atoms with Gasteiger partial charge in [0.05, 0.1) is 6.61 Å². The largest absolute Gasteiger partial charge is 0.465 e. The predicted molar refractivity (Wildman–Crippen MR) is 141 cm³/mol. The van der Waals surface area contributed by atoms with E-state index in [1.165, 1.54) is 0 Å². The fourth-order valence-electron chi connectivity index (χ4n) is 3.35. The van der Waals surface area contributed by atoms with Gasteiger partial charge in [-0.1, -0.05) is 30.3 Å². The van der Waals surface area contributed by atoms with E-state index < -0.39 is 6.04 Å². The van der Waals surface area contributed by atoms with E-state index in [9.17, 15) is 9.59 Å². The number of pyridine rings is 1. The van der Waals surface area contributed by atoms with E-state index >= 15 is 0 Å². The second-order valence-electron chi connectivity index (χ2n) is 7.77. The van der Waals surface area contributed by atoms with Crippen molar-refractivity contribution < 1.29 is 14.3 Å². The molecule has 7 nitrogen and oxygen atoms in total. The number of rotatable bonds is 11. The lowest BCUT2D eigenvalue weighted by Gasteiger charge is -2.18. The Kier molecular flexibility index (Phi) is 9.84. The van der Waals surface area contributed by atoms with Crippen molar-refractivity contribution in [1.29, 1.82) is 0 Å². The number of nitrogens with two attached hydrogens (primary N) is 1. The summed E-state index contributed by atoms with van der Waals surface area (Å²) in [6.45, 7) is 2.66. The molecule has 0 fully saturated rings. The molecule has 0 aliphatic heterocycles. The highest BCUT2D eigenvalue weighted by atomic mass is 127. The Bertz CT molecular complexity index is 1090. The van der Waals surface area contributed by atoms with Gasteiger partial charge in [-0.2, -0.15) is 0 Å². The molecule has 2 aromatic carbocycles. The number of aryl methyl sites for hydroxylation is 2. The lowest BCUT2D eigenvalue weighted by molar-refractivity contribution is -0.145. The van der Waals surface area contributed by atoms with Gasteiger partial charge in [-0.05, 0) is 89.9 Å². The van der Waals surface area contributed by atoms with E-state index in [1.54, 1.807) is 25.1 Å². The summed E-state index contributed by atoms with van der Waals surface area (Å²) in [5, 5.41) is 6.03. The lowest BCUT2D eigenvalue weighted by atomic mass is 10.1. The van der Waals surface area contributed by atoms with E-state index in [4.69, 9.17) is 10.5 Å². The van der Waals surface area contributed by atoms with Crippen LogP contribution in [0.5, 0.6) is 0 Å². The fourth-order valence-corrected chi connectivity index (χ4v) is 3.71. The zero-order valence-corrected chi connectivity index (χ0v) is 21.2. The summed E-state index contributed by atoms with van der Waals surface area (Å²) in [5.41, 5.74) is 9.35. The van der Waals surface area contributed by atoms with Crippen LogP contribution in [0.3, 0.4) is 0 Å². The summed E-state index contributed by atoms with van der Waals surface area (Å²) in [6.07, 6.45) is 1.57. The van der Waals surface area contributed by atoms with Crippen molar-refractivity contribution in [2.24, 2.45) is 0 Å². The van der Waals surface area contributed by atoms with Crippen molar-refractivity contribution in [3.8, 4) is 0 Å². The van der Waals surface area contributed by atoms with Gasteiger partial charge in [-0.3, -0.25) is 14.9 Å². The summed E-state index contributed by atoms with van der Waals surface area (Å²) in [5.74, 6) is -0.119. The van der Waals surface area contributed by atoms with Crippen LogP contribution < -0.4 is 16.4 Å². The molecule has 4 N–H and O–H groups in total. The average molecular weight is 572 g/mol. The second kappa shape index (κ2) is 13.0. The van der Waals surface area contributed by atoms with Gasteiger partial charge in [0.15, 0.2) is 0 Å². The van der Waals surface area contributed by atoms with E-state index in [2.05, 4.69) is 38.2 Å². The Hall–Kier alpha value is -2.98. The molecule has 0 bridgehead atoms. The molecule has 1 atom stereocenters. The van der Waals surface area contributed by atoms with Crippen LogP contribution in [0.15, 0.2) is 66.7 Å². The Morgan fingerprint density at radius 2 is 1.71 bits per heavy atom. The van der Waals surface area contributed by atoms with Crippen molar-refractivity contribution >= 4 is 40.3 Å². The first kappa shape index (κ1) is 25.6. The third kappa shape index (κ3) is 8.11. The fraction of sp³-hybridized carbons (Fsp3) is 0.269. The summed E-state index contributed by atoms with van der Waals surface area (Å²) in [6, 6.07) is 20.4. The highest BCUT2D eigenvalue weighted by molar-refractivity contribution is 14.1. The Balaban J connectivity index is 1.53. The van der Waals surface area contributed by atoms with Gasteiger partial charge in [0, 0.05) is 27.9 Å². The maximum atomic E-state index is 12.7. The number of benzene rings is 2. The van der Waals surface area contributed by atoms with Crippen LogP contribution in [0.2, 0.25) is 0 Å². The standard InChI is InChI=1S/C26H29IN4O3/c1-2-34-26(33)23(29-16-19-8-13-21(27)14-9-19)17-30-25(32)20-11-6-18(7-12-20)10-15-22-4-3-5-24(28)31-22/h3-9,11-14,23,29H,2,10,15-17H2,1H3,(H2,28,31)(H,30,32)/t23-/m0/s1. The Morgan fingerprint density at radius 1 is 1.00 bits per heavy atom. The van der Waals surface area contributed by atoms with Crippen molar-refractivity contribution in [2.75, 3.05) is 18.9 Å². The van der Waals surface area contributed by atoms with E-state index in [0.717, 1.165) is 33.2 Å². The average Bonchev–Trinajstić information content (AvgIpc) is 2.84. The predicted octanol–water partition coefficient (Wildman–Crippen LogP) is 3.50. The number of halogens is 1. The van der Waals surface area contributed by atoms with E-state index in [0.29, 0.717) is 17.9 Å². The Labute approximate surface area is 213 Å². The van der Waals surface area contributed by atoms with Crippen molar-refractivity contribution in [3.63, 3.8) is 0 Å². The van der Waals surface area contributed by atoms with Gasteiger partial charge < -0.3 is 15.8 Å². The van der Waals surface area contributed by atoms with Crippen molar-refractivity contribution in [3.05, 3.63) is 92.7 Å². The molecule has 1 heterocycles. The normalized spacial score (nSPS) is 11.6. The van der Waals surface area contributed by atoms with Crippen LogP contribution in [0.4, 0.5) is 5.82 Å². The maximum absolute atomic E-state index is 12.7. The van der Waals surface area contributed by atoms with Crippen LogP contribution in [-0.4, -0.2) is 36.1 Å². The molecular formula is C26H29IN4O3. The van der Waals surface area contributed by atoms with Crippen molar-refractivity contribution in [2.45, 2.75) is 32.4 Å². The smallest absolute Gasteiger partial charge is 0.324 e. The first-order valence-electron chi connectivity index (χ1n) is 11.2. The number of ether oxygens (including phenoxy) is 1. The number of amides is 1. The second-order valence-corrected chi connectivity index (χ2v) is 9.02. The van der Waals surface area contributed by atoms with Crippen molar-refractivity contribution in [1.82, 2.24) is 15.6 Å². The van der Waals surface area contributed by atoms with Gasteiger partial charge in [0.2, 0.25) is 0 Å². The molecule has 34 heavy (non-hydrogen) atoms. The number of esters is 1. The maximum Gasteiger partial charge on any atom is 0.324 e. The van der Waals surface area contributed by atoms with Gasteiger partial charge >= 0.3 is 5.97 Å². The number of nitrogens with one attached hydrogen (secondary N) is 2. The number of anilines is 1. The minimum Gasteiger partial charge on any atom is -0.465 e. The monoisotopic (exact) mass is 572 g/mol. The highest BCUT2D eigenvalue weighted by Crippen LogP contribution is 2.10. The molecule has 3 rings (SSSR count). The third-order valence-electron chi connectivity index (χ3n) is 5.22. The summed E-state index contributed by atoms with van der Waals surface area (Å²) in [4.78, 5) is 29.3. The minimum absolute atomic E-state index is 0.130. The van der Waals surface area contributed by atoms with Crippen LogP contribution in [0.25, 0.3) is 0 Å². The number of carbonyl (C=O) groups excluding carboxylic acids is 2. The molecule has 1 aromatic heterocycles. The lowest BCUT2D eigenvalue weighted by Crippen LogP contribution is -2.46. The topological polar surface area (TPSA) is 106 Å². The molecule has 1 amide bonds. The minimum atomic E-state index is -0.645. The van der Waals surface area contributed by atoms with Gasteiger partial charge in [-0.25, -0.2) is 4.98 Å². The zero-order chi connectivity index (χ0) is 24.3. The molecule has 0 unspecified atom stereocenters. The number of nitrogens with zero attached hydrogens (tertiary/aromatic N) is 1. The summed E-state index contributed by atoms with van der Waals surface area (Å²) in [7, 11) is 0. The van der Waals surface area contributed by atoms with Crippen LogP contribution in [0.1, 0.15) is 34.1 Å². The molecular weight excluding hydrogens is 543 g/mol. The van der Waals surface area contributed by atoms with Gasteiger partial charge in [0.1, 0.15) is 11.9 Å². The molecule has 0 aliphatic rings. The zero-order valence-electron chi connectivity index (χ0n) is 19.1. The molecule has 0 saturated carbocycles. The number of aromatic nitrogens is 1. The van der Waals surface area contributed by atoms with Crippen LogP contribution in [0, 0.1) is 3.57 Å². The first-order valence-corrected chi connectivity index (χ1v) is 12.3. The SMILES string of the molecule is CCOC(=O)[C@H](CNC(=O)c1ccc(CCc2cccc(N)n2)cc1)NCc1ccc(I)cc1. The highest BCUT2D eigenvalue weighted by Gasteiger charge is 2.20. The van der Waals surface area contributed by atoms with Gasteiger partial charge in [0.25, 0.3) is 5.91 Å². The molecule has 178 valence electrons. The molecule has 8 heteroatoms. The summed E-state index contributed by atoms with van der Waals surface area (Å²) < 4.78 is 6.31. The molecule has 0 spiro atoms. The number of nitrogen functional groups attached to an aromatic ring is 1. The van der Waals surface area contributed by atoms with E-state index in [1.807, 2.05) is 48.5 Å². The molecule has 3 aromatic rings. The van der Waals surface area contributed by atoms with Gasteiger partial charge in [-0.15, -0.1) is 0 Å². The molecule has 0 radical (unpaired) electrons. The molecule has 0 saturated heterocycles. The first-order chi connectivity index (χ1) is 16.4. The van der Waals surface area contributed by atoms with Crippen LogP contribution in [-0.2, 0) is 28.9 Å². The summed E-state index contributed by atoms with van der Waals surface area (Å²) >= 11 is 2.25. The number of carbonyl (C=O) groups is 2.